The molecule has 0 unspecified atom stereocenters. The van der Waals surface area contributed by atoms with Gasteiger partial charge in [-0.3, -0.25) is 0 Å². The van der Waals surface area contributed by atoms with Gasteiger partial charge in [-0.05, 0) is 19.9 Å². The maximum Gasteiger partial charge on any atom is 0.0940 e. The summed E-state index contributed by atoms with van der Waals surface area (Å²) >= 11 is 1.89. The summed E-state index contributed by atoms with van der Waals surface area (Å²) in [5.41, 5.74) is 0. The Kier molecular flexibility index (Phi) is 5.63. The highest BCUT2D eigenvalue weighted by molar-refractivity contribution is 7.11. The molecule has 0 atom stereocenters. The lowest BCUT2D eigenvalue weighted by molar-refractivity contribution is 0.155. The predicted octanol–water partition coefficient (Wildman–Crippen LogP) is 1.97. The number of likely N-dealkylation sites (N-methyl/N-ethyl adjacent to an activating group) is 1. The lowest BCUT2D eigenvalue weighted by Gasteiger charge is -2.32. The van der Waals surface area contributed by atoms with E-state index in [9.17, 15) is 0 Å². The van der Waals surface area contributed by atoms with Gasteiger partial charge in [-0.2, -0.15) is 0 Å². The highest BCUT2D eigenvalue weighted by atomic mass is 32.1. The van der Waals surface area contributed by atoms with Crippen LogP contribution < -0.4 is 5.32 Å². The lowest BCUT2D eigenvalue weighted by atomic mass is 10.2. The molecule has 1 aromatic rings. The van der Waals surface area contributed by atoms with Gasteiger partial charge in [-0.1, -0.05) is 12.8 Å². The zero-order valence-corrected chi connectivity index (χ0v) is 14.0. The van der Waals surface area contributed by atoms with Crippen molar-refractivity contribution in [1.29, 1.82) is 0 Å². The van der Waals surface area contributed by atoms with Gasteiger partial charge in [0.1, 0.15) is 0 Å². The number of nitrogens with zero attached hydrogens (tertiary/aromatic N) is 3. The molecule has 2 heterocycles. The Balaban J connectivity index is 1.38. The van der Waals surface area contributed by atoms with Crippen molar-refractivity contribution in [1.82, 2.24) is 20.1 Å². The third-order valence-electron chi connectivity index (χ3n) is 4.76. The first-order valence-corrected chi connectivity index (χ1v) is 9.19. The van der Waals surface area contributed by atoms with Crippen LogP contribution in [0.25, 0.3) is 0 Å². The molecular formula is C16H28N4S. The van der Waals surface area contributed by atoms with Crippen molar-refractivity contribution >= 4 is 11.3 Å². The van der Waals surface area contributed by atoms with E-state index in [0.717, 1.165) is 25.6 Å². The second-order valence-electron chi connectivity index (χ2n) is 6.48. The summed E-state index contributed by atoms with van der Waals surface area (Å²) in [6.07, 6.45) is 8.70. The van der Waals surface area contributed by atoms with Gasteiger partial charge in [-0.15, -0.1) is 11.3 Å². The molecule has 0 spiro atoms. The molecule has 21 heavy (non-hydrogen) atoms. The molecule has 4 nitrogen and oxygen atoms in total. The molecule has 0 aromatic carbocycles. The fraction of sp³-hybridized carbons (Fsp3) is 0.812. The molecule has 1 N–H and O–H groups in total. The smallest absolute Gasteiger partial charge is 0.0940 e. The molecular weight excluding hydrogens is 280 g/mol. The first-order chi connectivity index (χ1) is 10.3. The van der Waals surface area contributed by atoms with Crippen molar-refractivity contribution in [3.05, 3.63) is 16.1 Å². The van der Waals surface area contributed by atoms with Gasteiger partial charge in [0, 0.05) is 62.8 Å². The van der Waals surface area contributed by atoms with Crippen molar-refractivity contribution in [2.75, 3.05) is 39.8 Å². The molecule has 1 saturated carbocycles. The van der Waals surface area contributed by atoms with E-state index in [4.69, 9.17) is 0 Å². The first kappa shape index (κ1) is 15.4. The van der Waals surface area contributed by atoms with E-state index in [0.29, 0.717) is 0 Å². The summed E-state index contributed by atoms with van der Waals surface area (Å²) < 4.78 is 0. The summed E-state index contributed by atoms with van der Waals surface area (Å²) in [4.78, 5) is 11.0. The van der Waals surface area contributed by atoms with E-state index in [-0.39, 0.29) is 0 Å². The zero-order valence-electron chi connectivity index (χ0n) is 13.2. The molecule has 2 aliphatic rings. The summed E-state index contributed by atoms with van der Waals surface area (Å²) in [6, 6.07) is 0.751. The second kappa shape index (κ2) is 7.68. The molecule has 3 rings (SSSR count). The average Bonchev–Trinajstić information content (AvgIpc) is 3.16. The van der Waals surface area contributed by atoms with E-state index in [1.54, 1.807) is 0 Å². The third kappa shape index (κ3) is 4.74. The van der Waals surface area contributed by atoms with Gasteiger partial charge < -0.3 is 15.1 Å². The van der Waals surface area contributed by atoms with Gasteiger partial charge in [0.25, 0.3) is 0 Å². The van der Waals surface area contributed by atoms with Crippen molar-refractivity contribution in [3.8, 4) is 0 Å². The lowest BCUT2D eigenvalue weighted by Crippen LogP contribution is -2.45. The normalized spacial score (nSPS) is 22.1. The minimum Gasteiger partial charge on any atom is -0.309 e. The van der Waals surface area contributed by atoms with Crippen LogP contribution in [0.5, 0.6) is 0 Å². The first-order valence-electron chi connectivity index (χ1n) is 8.37. The Labute approximate surface area is 132 Å². The van der Waals surface area contributed by atoms with Crippen LogP contribution in [-0.4, -0.2) is 60.6 Å². The van der Waals surface area contributed by atoms with E-state index >= 15 is 0 Å². The molecule has 2 fully saturated rings. The number of piperazine rings is 1. The number of hydrogen-bond acceptors (Lipinski definition) is 5. The Morgan fingerprint density at radius 1 is 1.24 bits per heavy atom. The predicted molar refractivity (Wildman–Crippen MR) is 88.9 cm³/mol. The topological polar surface area (TPSA) is 31.4 Å². The van der Waals surface area contributed by atoms with Crippen molar-refractivity contribution < 1.29 is 0 Å². The maximum atomic E-state index is 4.60. The molecule has 1 aliphatic heterocycles. The van der Waals surface area contributed by atoms with E-state index < -0.39 is 0 Å². The van der Waals surface area contributed by atoms with Crippen molar-refractivity contribution in [2.24, 2.45) is 0 Å². The standard InChI is InChI=1S/C16H28N4S/c1-19-8-10-20(11-9-19)7-6-16-18-13-15(21-16)12-17-14-4-2-3-5-14/h13-14,17H,2-12H2,1H3. The molecule has 118 valence electrons. The van der Waals surface area contributed by atoms with Crippen molar-refractivity contribution in [2.45, 2.75) is 44.7 Å². The monoisotopic (exact) mass is 308 g/mol. The minimum atomic E-state index is 0.751. The quantitative estimate of drug-likeness (QED) is 0.870. The average molecular weight is 308 g/mol. The Morgan fingerprint density at radius 3 is 2.76 bits per heavy atom. The van der Waals surface area contributed by atoms with Gasteiger partial charge in [0.2, 0.25) is 0 Å². The number of aromatic nitrogens is 1. The van der Waals surface area contributed by atoms with Crippen molar-refractivity contribution in [3.63, 3.8) is 0 Å². The fourth-order valence-electron chi connectivity index (χ4n) is 3.25. The largest absolute Gasteiger partial charge is 0.309 e. The number of nitrogens with one attached hydrogen (secondary N) is 1. The highest BCUT2D eigenvalue weighted by Crippen LogP contribution is 2.19. The highest BCUT2D eigenvalue weighted by Gasteiger charge is 2.15. The van der Waals surface area contributed by atoms with E-state index in [1.165, 1.54) is 61.7 Å². The molecule has 1 aliphatic carbocycles. The summed E-state index contributed by atoms with van der Waals surface area (Å²) in [7, 11) is 2.21. The van der Waals surface area contributed by atoms with E-state index in [1.807, 2.05) is 11.3 Å². The molecule has 1 saturated heterocycles. The molecule has 1 aromatic heterocycles. The van der Waals surface area contributed by atoms with Crippen LogP contribution in [0.1, 0.15) is 35.6 Å². The maximum absolute atomic E-state index is 4.60. The summed E-state index contributed by atoms with van der Waals surface area (Å²) in [6.45, 7) is 6.99. The zero-order chi connectivity index (χ0) is 14.5. The van der Waals surface area contributed by atoms with Crippen LogP contribution in [0.3, 0.4) is 0 Å². The third-order valence-corrected chi connectivity index (χ3v) is 5.82. The summed E-state index contributed by atoms with van der Waals surface area (Å²) in [5.74, 6) is 0. The van der Waals surface area contributed by atoms with Crippen LogP contribution in [0.4, 0.5) is 0 Å². The number of thiazole rings is 1. The minimum absolute atomic E-state index is 0.751. The fourth-order valence-corrected chi connectivity index (χ4v) is 4.11. The molecule has 5 heteroatoms. The molecule has 0 bridgehead atoms. The van der Waals surface area contributed by atoms with Crippen LogP contribution in [0.15, 0.2) is 6.20 Å². The van der Waals surface area contributed by atoms with E-state index in [2.05, 4.69) is 33.3 Å². The van der Waals surface area contributed by atoms with Gasteiger partial charge in [-0.25, -0.2) is 4.98 Å². The van der Waals surface area contributed by atoms with Gasteiger partial charge in [0.15, 0.2) is 0 Å². The van der Waals surface area contributed by atoms with Crippen LogP contribution in [0, 0.1) is 0 Å². The Hall–Kier alpha value is -0.490. The Bertz CT molecular complexity index is 420. The molecule has 0 amide bonds. The van der Waals surface area contributed by atoms with Gasteiger partial charge >= 0.3 is 0 Å². The van der Waals surface area contributed by atoms with Crippen LogP contribution >= 0.6 is 11.3 Å². The Morgan fingerprint density at radius 2 is 2.00 bits per heavy atom. The van der Waals surface area contributed by atoms with Crippen LogP contribution in [0.2, 0.25) is 0 Å². The van der Waals surface area contributed by atoms with Crippen LogP contribution in [-0.2, 0) is 13.0 Å². The molecule has 0 radical (unpaired) electrons. The SMILES string of the molecule is CN1CCN(CCc2ncc(CNC3CCCC3)s2)CC1. The number of hydrogen-bond donors (Lipinski definition) is 1. The number of rotatable bonds is 6. The summed E-state index contributed by atoms with van der Waals surface area (Å²) in [5, 5.41) is 4.98. The second-order valence-corrected chi connectivity index (χ2v) is 7.68. The van der Waals surface area contributed by atoms with Gasteiger partial charge in [0.05, 0.1) is 5.01 Å².